The Hall–Kier alpha value is -0.860. The van der Waals surface area contributed by atoms with Crippen molar-refractivity contribution in [2.24, 2.45) is 5.92 Å². The van der Waals surface area contributed by atoms with Gasteiger partial charge in [-0.15, -0.1) is 0 Å². The first-order chi connectivity index (χ1) is 8.66. The minimum atomic E-state index is -0.128. The zero-order valence-electron chi connectivity index (χ0n) is 11.6. The summed E-state index contributed by atoms with van der Waals surface area (Å²) >= 11 is 0. The van der Waals surface area contributed by atoms with Gasteiger partial charge in [0.15, 0.2) is 0 Å². The maximum absolute atomic E-state index is 9.87. The molecule has 100 valence electrons. The normalized spacial score (nSPS) is 25.3. The predicted molar refractivity (Wildman–Crippen MR) is 75.7 cm³/mol. The highest BCUT2D eigenvalue weighted by molar-refractivity contribution is 5.25. The van der Waals surface area contributed by atoms with E-state index in [1.165, 1.54) is 17.5 Å². The largest absolute Gasteiger partial charge is 0.392 e. The average molecular weight is 247 g/mol. The minimum Gasteiger partial charge on any atom is -0.392 e. The van der Waals surface area contributed by atoms with Crippen LogP contribution in [-0.2, 0) is 6.42 Å². The van der Waals surface area contributed by atoms with Crippen molar-refractivity contribution in [1.29, 1.82) is 0 Å². The third-order valence-corrected chi connectivity index (χ3v) is 4.18. The maximum atomic E-state index is 9.87. The van der Waals surface area contributed by atoms with Crippen molar-refractivity contribution in [2.75, 3.05) is 19.6 Å². The quantitative estimate of drug-likeness (QED) is 0.884. The number of rotatable bonds is 4. The molecule has 0 bridgehead atoms. The second-order valence-corrected chi connectivity index (χ2v) is 5.66. The molecule has 2 atom stereocenters. The SMILES string of the molecule is Cc1ccccc1CCCN1CCC(C)C(O)C1. The van der Waals surface area contributed by atoms with Gasteiger partial charge in [-0.3, -0.25) is 0 Å². The van der Waals surface area contributed by atoms with Crippen LogP contribution in [0.4, 0.5) is 0 Å². The van der Waals surface area contributed by atoms with E-state index in [1.54, 1.807) is 0 Å². The van der Waals surface area contributed by atoms with Crippen LogP contribution in [0.3, 0.4) is 0 Å². The minimum absolute atomic E-state index is 0.128. The summed E-state index contributed by atoms with van der Waals surface area (Å²) in [5.74, 6) is 0.470. The van der Waals surface area contributed by atoms with Crippen LogP contribution in [0.15, 0.2) is 24.3 Å². The molecular weight excluding hydrogens is 222 g/mol. The van der Waals surface area contributed by atoms with Crippen LogP contribution in [0.2, 0.25) is 0 Å². The van der Waals surface area contributed by atoms with E-state index < -0.39 is 0 Å². The number of likely N-dealkylation sites (tertiary alicyclic amines) is 1. The van der Waals surface area contributed by atoms with E-state index in [-0.39, 0.29) is 6.10 Å². The molecule has 0 spiro atoms. The van der Waals surface area contributed by atoms with Gasteiger partial charge in [0, 0.05) is 6.54 Å². The first kappa shape index (κ1) is 13.6. The van der Waals surface area contributed by atoms with E-state index in [2.05, 4.69) is 43.0 Å². The summed E-state index contributed by atoms with van der Waals surface area (Å²) in [6.45, 7) is 7.44. The lowest BCUT2D eigenvalue weighted by Crippen LogP contribution is -2.43. The highest BCUT2D eigenvalue weighted by atomic mass is 16.3. The van der Waals surface area contributed by atoms with Crippen LogP contribution in [0.5, 0.6) is 0 Å². The Bertz CT molecular complexity index is 377. The fourth-order valence-electron chi connectivity index (χ4n) is 2.70. The molecule has 2 nitrogen and oxygen atoms in total. The molecule has 18 heavy (non-hydrogen) atoms. The Morgan fingerprint density at radius 3 is 2.83 bits per heavy atom. The predicted octanol–water partition coefficient (Wildman–Crippen LogP) is 2.63. The van der Waals surface area contributed by atoms with Gasteiger partial charge in [0.25, 0.3) is 0 Å². The number of nitrogens with zero attached hydrogens (tertiary/aromatic N) is 1. The smallest absolute Gasteiger partial charge is 0.0693 e. The molecule has 2 unspecified atom stereocenters. The molecule has 2 heteroatoms. The van der Waals surface area contributed by atoms with E-state index in [1.807, 2.05) is 0 Å². The van der Waals surface area contributed by atoms with Crippen molar-refractivity contribution in [1.82, 2.24) is 4.90 Å². The number of piperidine rings is 1. The second kappa shape index (κ2) is 6.35. The third kappa shape index (κ3) is 3.56. The number of β-amino-alcohol motifs (C(OH)–C–C–N with tert-alkyl or cyclic N) is 1. The Balaban J connectivity index is 1.74. The number of benzene rings is 1. The molecule has 0 aliphatic carbocycles. The van der Waals surface area contributed by atoms with Gasteiger partial charge in [-0.05, 0) is 56.3 Å². The molecule has 1 aliphatic rings. The zero-order chi connectivity index (χ0) is 13.0. The summed E-state index contributed by atoms with van der Waals surface area (Å²) < 4.78 is 0. The van der Waals surface area contributed by atoms with Crippen LogP contribution in [-0.4, -0.2) is 35.7 Å². The lowest BCUT2D eigenvalue weighted by molar-refractivity contribution is 0.0289. The van der Waals surface area contributed by atoms with Crippen LogP contribution >= 0.6 is 0 Å². The van der Waals surface area contributed by atoms with Gasteiger partial charge < -0.3 is 10.0 Å². The molecule has 0 radical (unpaired) electrons. The summed E-state index contributed by atoms with van der Waals surface area (Å²) in [6, 6.07) is 8.62. The molecule has 1 aliphatic heterocycles. The van der Waals surface area contributed by atoms with Crippen molar-refractivity contribution in [2.45, 2.75) is 39.2 Å². The van der Waals surface area contributed by atoms with E-state index in [4.69, 9.17) is 0 Å². The molecule has 1 aromatic rings. The first-order valence-electron chi connectivity index (χ1n) is 7.11. The lowest BCUT2D eigenvalue weighted by Gasteiger charge is -2.34. The van der Waals surface area contributed by atoms with Crippen molar-refractivity contribution >= 4 is 0 Å². The van der Waals surface area contributed by atoms with Crippen molar-refractivity contribution < 1.29 is 5.11 Å². The Morgan fingerprint density at radius 1 is 1.33 bits per heavy atom. The third-order valence-electron chi connectivity index (χ3n) is 4.18. The molecule has 1 heterocycles. The van der Waals surface area contributed by atoms with E-state index in [0.29, 0.717) is 5.92 Å². The van der Waals surface area contributed by atoms with Gasteiger partial charge in [-0.25, -0.2) is 0 Å². The Kier molecular flexibility index (Phi) is 4.79. The first-order valence-corrected chi connectivity index (χ1v) is 7.11. The van der Waals surface area contributed by atoms with Crippen LogP contribution in [0, 0.1) is 12.8 Å². The molecular formula is C16H25NO. The zero-order valence-corrected chi connectivity index (χ0v) is 11.6. The van der Waals surface area contributed by atoms with Crippen LogP contribution < -0.4 is 0 Å². The fraction of sp³-hybridized carbons (Fsp3) is 0.625. The molecule has 1 aromatic carbocycles. The van der Waals surface area contributed by atoms with Gasteiger partial charge in [0.2, 0.25) is 0 Å². The topological polar surface area (TPSA) is 23.5 Å². The van der Waals surface area contributed by atoms with Gasteiger partial charge in [0.1, 0.15) is 0 Å². The van der Waals surface area contributed by atoms with Gasteiger partial charge >= 0.3 is 0 Å². The Morgan fingerprint density at radius 2 is 2.11 bits per heavy atom. The van der Waals surface area contributed by atoms with Gasteiger partial charge in [-0.2, -0.15) is 0 Å². The highest BCUT2D eigenvalue weighted by Crippen LogP contribution is 2.17. The summed E-state index contributed by atoms with van der Waals surface area (Å²) in [6.07, 6.45) is 3.34. The molecule has 0 aromatic heterocycles. The van der Waals surface area contributed by atoms with E-state index in [9.17, 15) is 5.11 Å². The molecule has 1 N–H and O–H groups in total. The van der Waals surface area contributed by atoms with Crippen molar-refractivity contribution in [3.8, 4) is 0 Å². The Labute approximate surface area is 111 Å². The van der Waals surface area contributed by atoms with Crippen LogP contribution in [0.25, 0.3) is 0 Å². The van der Waals surface area contributed by atoms with Crippen molar-refractivity contribution in [3.05, 3.63) is 35.4 Å². The number of hydrogen-bond donors (Lipinski definition) is 1. The number of aliphatic hydroxyl groups excluding tert-OH is 1. The summed E-state index contributed by atoms with van der Waals surface area (Å²) in [5.41, 5.74) is 2.85. The monoisotopic (exact) mass is 247 g/mol. The lowest BCUT2D eigenvalue weighted by atomic mass is 9.95. The van der Waals surface area contributed by atoms with E-state index >= 15 is 0 Å². The number of aryl methyl sites for hydroxylation is 2. The molecule has 2 rings (SSSR count). The summed E-state index contributed by atoms with van der Waals surface area (Å²) in [7, 11) is 0. The second-order valence-electron chi connectivity index (χ2n) is 5.66. The molecule has 1 saturated heterocycles. The summed E-state index contributed by atoms with van der Waals surface area (Å²) in [4.78, 5) is 2.41. The summed E-state index contributed by atoms with van der Waals surface area (Å²) in [5, 5.41) is 9.87. The van der Waals surface area contributed by atoms with Gasteiger partial charge in [0.05, 0.1) is 6.10 Å². The fourth-order valence-corrected chi connectivity index (χ4v) is 2.70. The standard InChI is InChI=1S/C16H25NO/c1-13-6-3-4-7-15(13)8-5-10-17-11-9-14(2)16(18)12-17/h3-4,6-7,14,16,18H,5,8-12H2,1-2H3. The molecule has 1 fully saturated rings. The molecule has 0 amide bonds. The number of aliphatic hydroxyl groups is 1. The van der Waals surface area contributed by atoms with Gasteiger partial charge in [-0.1, -0.05) is 31.2 Å². The van der Waals surface area contributed by atoms with Crippen molar-refractivity contribution in [3.63, 3.8) is 0 Å². The van der Waals surface area contributed by atoms with E-state index in [0.717, 1.165) is 32.5 Å². The molecule has 0 saturated carbocycles. The van der Waals surface area contributed by atoms with Crippen LogP contribution in [0.1, 0.15) is 30.9 Å². The maximum Gasteiger partial charge on any atom is 0.0693 e. The average Bonchev–Trinajstić information content (AvgIpc) is 2.36. The number of hydrogen-bond acceptors (Lipinski definition) is 2. The highest BCUT2D eigenvalue weighted by Gasteiger charge is 2.23.